The van der Waals surface area contributed by atoms with Gasteiger partial charge in [0, 0.05) is 13.1 Å². The number of hydrogen-bond donors (Lipinski definition) is 0. The third kappa shape index (κ3) is 2.26. The molecule has 0 amide bonds. The highest BCUT2D eigenvalue weighted by molar-refractivity contribution is 5.05. The second kappa shape index (κ2) is 4.15. The van der Waals surface area contributed by atoms with Crippen LogP contribution in [0.2, 0.25) is 0 Å². The normalized spacial score (nSPS) is 17.5. The lowest BCUT2D eigenvalue weighted by Crippen LogP contribution is -2.18. The Bertz CT molecular complexity index is 136. The Morgan fingerprint density at radius 1 is 1.40 bits per heavy atom. The van der Waals surface area contributed by atoms with Crippen molar-refractivity contribution in [3.05, 3.63) is 24.4 Å². The van der Waals surface area contributed by atoms with Crippen molar-refractivity contribution in [2.24, 2.45) is 0 Å². The van der Waals surface area contributed by atoms with Crippen molar-refractivity contribution >= 4 is 0 Å². The van der Waals surface area contributed by atoms with E-state index in [0.29, 0.717) is 0 Å². The van der Waals surface area contributed by atoms with Gasteiger partial charge in [-0.25, -0.2) is 0 Å². The lowest BCUT2D eigenvalue weighted by molar-refractivity contribution is 0.384. The molecule has 0 aromatic carbocycles. The maximum absolute atomic E-state index is 2.36. The van der Waals surface area contributed by atoms with E-state index in [1.54, 1.807) is 0 Å². The SMILES string of the molecule is CCCN1C=CC=CCC1. The predicted molar refractivity (Wildman–Crippen MR) is 44.8 cm³/mol. The van der Waals surface area contributed by atoms with Crippen molar-refractivity contribution in [3.8, 4) is 0 Å². The fourth-order valence-corrected chi connectivity index (χ4v) is 1.13. The van der Waals surface area contributed by atoms with Crippen molar-refractivity contribution in [2.45, 2.75) is 19.8 Å². The number of nitrogens with zero attached hydrogens (tertiary/aromatic N) is 1. The molecule has 1 heteroatoms. The van der Waals surface area contributed by atoms with Crippen LogP contribution < -0.4 is 0 Å². The third-order valence-electron chi connectivity index (χ3n) is 1.64. The summed E-state index contributed by atoms with van der Waals surface area (Å²) in [5, 5.41) is 0. The van der Waals surface area contributed by atoms with Gasteiger partial charge in [0.15, 0.2) is 0 Å². The zero-order valence-electron chi connectivity index (χ0n) is 6.59. The fraction of sp³-hybridized carbons (Fsp3) is 0.556. The van der Waals surface area contributed by atoms with Crippen LogP contribution in [0.3, 0.4) is 0 Å². The second-order valence-corrected chi connectivity index (χ2v) is 2.59. The van der Waals surface area contributed by atoms with Crippen LogP contribution in [-0.2, 0) is 0 Å². The van der Waals surface area contributed by atoms with Gasteiger partial charge in [-0.3, -0.25) is 0 Å². The van der Waals surface area contributed by atoms with Crippen LogP contribution in [0.15, 0.2) is 24.4 Å². The van der Waals surface area contributed by atoms with Crippen LogP contribution in [0.1, 0.15) is 19.8 Å². The first kappa shape index (κ1) is 7.39. The summed E-state index contributed by atoms with van der Waals surface area (Å²) < 4.78 is 0. The molecule has 1 aliphatic rings. The van der Waals surface area contributed by atoms with Gasteiger partial charge in [-0.05, 0) is 25.1 Å². The zero-order chi connectivity index (χ0) is 7.23. The molecule has 0 aromatic heterocycles. The number of allylic oxidation sites excluding steroid dienone is 2. The first-order chi connectivity index (χ1) is 4.93. The zero-order valence-corrected chi connectivity index (χ0v) is 6.59. The molecule has 1 nitrogen and oxygen atoms in total. The highest BCUT2D eigenvalue weighted by Gasteiger charge is 1.96. The molecule has 1 aliphatic heterocycles. The van der Waals surface area contributed by atoms with Gasteiger partial charge >= 0.3 is 0 Å². The van der Waals surface area contributed by atoms with Crippen LogP contribution in [0.5, 0.6) is 0 Å². The molecule has 0 unspecified atom stereocenters. The topological polar surface area (TPSA) is 3.24 Å². The Hall–Kier alpha value is -0.720. The Labute approximate surface area is 63.0 Å². The largest absolute Gasteiger partial charge is 0.377 e. The molecule has 0 atom stereocenters. The molecule has 0 saturated heterocycles. The molecule has 0 saturated carbocycles. The molecule has 0 radical (unpaired) electrons. The molecule has 0 aromatic rings. The van der Waals surface area contributed by atoms with E-state index in [0.717, 1.165) is 0 Å². The van der Waals surface area contributed by atoms with E-state index in [-0.39, 0.29) is 0 Å². The molecule has 0 fully saturated rings. The summed E-state index contributed by atoms with van der Waals surface area (Å²) in [7, 11) is 0. The minimum Gasteiger partial charge on any atom is -0.377 e. The Morgan fingerprint density at radius 3 is 3.10 bits per heavy atom. The van der Waals surface area contributed by atoms with Gasteiger partial charge in [-0.15, -0.1) is 0 Å². The highest BCUT2D eigenvalue weighted by Crippen LogP contribution is 2.00. The van der Waals surface area contributed by atoms with Gasteiger partial charge in [-0.2, -0.15) is 0 Å². The van der Waals surface area contributed by atoms with Crippen molar-refractivity contribution in [1.29, 1.82) is 0 Å². The van der Waals surface area contributed by atoms with E-state index in [1.165, 1.54) is 25.9 Å². The lowest BCUT2D eigenvalue weighted by Gasteiger charge is -2.16. The van der Waals surface area contributed by atoms with E-state index >= 15 is 0 Å². The van der Waals surface area contributed by atoms with Crippen molar-refractivity contribution < 1.29 is 0 Å². The van der Waals surface area contributed by atoms with E-state index in [1.807, 2.05) is 0 Å². The lowest BCUT2D eigenvalue weighted by atomic mass is 10.3. The van der Waals surface area contributed by atoms with Gasteiger partial charge < -0.3 is 4.90 Å². The predicted octanol–water partition coefficient (Wildman–Crippen LogP) is 2.17. The third-order valence-corrected chi connectivity index (χ3v) is 1.64. The quantitative estimate of drug-likeness (QED) is 0.564. The van der Waals surface area contributed by atoms with Gasteiger partial charge in [-0.1, -0.05) is 19.1 Å². The van der Waals surface area contributed by atoms with Crippen molar-refractivity contribution in [2.75, 3.05) is 13.1 Å². The standard InChI is InChI=1S/C9H15N/c1-2-7-10-8-5-3-4-6-9-10/h3-5,8H,2,6-7,9H2,1H3. The molecule has 1 rings (SSSR count). The summed E-state index contributed by atoms with van der Waals surface area (Å²) in [4.78, 5) is 2.36. The first-order valence-corrected chi connectivity index (χ1v) is 4.01. The number of rotatable bonds is 2. The van der Waals surface area contributed by atoms with Crippen molar-refractivity contribution in [3.63, 3.8) is 0 Å². The van der Waals surface area contributed by atoms with Crippen LogP contribution >= 0.6 is 0 Å². The van der Waals surface area contributed by atoms with Gasteiger partial charge in [0.25, 0.3) is 0 Å². The van der Waals surface area contributed by atoms with Gasteiger partial charge in [0.1, 0.15) is 0 Å². The summed E-state index contributed by atoms with van der Waals surface area (Å²) in [6, 6.07) is 0. The molecular formula is C9H15N. The average molecular weight is 137 g/mol. The second-order valence-electron chi connectivity index (χ2n) is 2.59. The minimum absolute atomic E-state index is 1.18. The molecule has 56 valence electrons. The molecule has 10 heavy (non-hydrogen) atoms. The molecule has 0 spiro atoms. The smallest absolute Gasteiger partial charge is 0.0207 e. The van der Waals surface area contributed by atoms with E-state index < -0.39 is 0 Å². The van der Waals surface area contributed by atoms with E-state index in [2.05, 4.69) is 36.3 Å². The fourth-order valence-electron chi connectivity index (χ4n) is 1.13. The summed E-state index contributed by atoms with van der Waals surface area (Å²) in [6.45, 7) is 4.59. The highest BCUT2D eigenvalue weighted by atomic mass is 15.1. The first-order valence-electron chi connectivity index (χ1n) is 4.01. The molecular weight excluding hydrogens is 122 g/mol. The van der Waals surface area contributed by atoms with Crippen molar-refractivity contribution in [1.82, 2.24) is 4.90 Å². The van der Waals surface area contributed by atoms with E-state index in [4.69, 9.17) is 0 Å². The molecule has 0 aliphatic carbocycles. The number of hydrogen-bond acceptors (Lipinski definition) is 1. The minimum atomic E-state index is 1.18. The maximum Gasteiger partial charge on any atom is 0.0207 e. The van der Waals surface area contributed by atoms with Gasteiger partial charge in [0.05, 0.1) is 0 Å². The molecule has 0 N–H and O–H groups in total. The maximum atomic E-state index is 2.36. The van der Waals surface area contributed by atoms with Crippen LogP contribution in [-0.4, -0.2) is 18.0 Å². The summed E-state index contributed by atoms with van der Waals surface area (Å²) in [5.41, 5.74) is 0. The van der Waals surface area contributed by atoms with Crippen LogP contribution in [0.4, 0.5) is 0 Å². The Morgan fingerprint density at radius 2 is 2.30 bits per heavy atom. The van der Waals surface area contributed by atoms with Gasteiger partial charge in [0.2, 0.25) is 0 Å². The molecule has 0 bridgehead atoms. The Balaban J connectivity index is 2.33. The Kier molecular flexibility index (Phi) is 3.07. The summed E-state index contributed by atoms with van der Waals surface area (Å²) in [5.74, 6) is 0. The van der Waals surface area contributed by atoms with Crippen LogP contribution in [0, 0.1) is 0 Å². The summed E-state index contributed by atoms with van der Waals surface area (Å²) in [6.07, 6.45) is 11.1. The van der Waals surface area contributed by atoms with Crippen LogP contribution in [0.25, 0.3) is 0 Å². The van der Waals surface area contributed by atoms with E-state index in [9.17, 15) is 0 Å². The molecule has 1 heterocycles. The summed E-state index contributed by atoms with van der Waals surface area (Å²) >= 11 is 0. The average Bonchev–Trinajstić information content (AvgIpc) is 2.17. The monoisotopic (exact) mass is 137 g/mol.